The van der Waals surface area contributed by atoms with Crippen molar-refractivity contribution >= 4 is 17.3 Å². The number of allylic oxidation sites excluding steroid dienone is 3. The van der Waals surface area contributed by atoms with Crippen molar-refractivity contribution in [3.63, 3.8) is 0 Å². The van der Waals surface area contributed by atoms with Crippen LogP contribution >= 0.6 is 0 Å². The highest BCUT2D eigenvalue weighted by atomic mass is 19.1. The Morgan fingerprint density at radius 2 is 2.20 bits per heavy atom. The van der Waals surface area contributed by atoms with E-state index in [1.54, 1.807) is 19.1 Å². The van der Waals surface area contributed by atoms with Crippen molar-refractivity contribution in [1.29, 1.82) is 0 Å². The number of nitro groups is 1. The number of benzene rings is 1. The van der Waals surface area contributed by atoms with Crippen LogP contribution in [0.3, 0.4) is 0 Å². The fraction of sp³-hybridized carbons (Fsp3) is 0.0714. The molecule has 0 bridgehead atoms. The average Bonchev–Trinajstić information content (AvgIpc) is 2.40. The van der Waals surface area contributed by atoms with Crippen LogP contribution in [0, 0.1) is 15.9 Å². The normalized spacial score (nSPS) is 11.4. The summed E-state index contributed by atoms with van der Waals surface area (Å²) in [5.74, 6) is -1.42. The third-order valence-electron chi connectivity index (χ3n) is 2.31. The van der Waals surface area contributed by atoms with Gasteiger partial charge >= 0.3 is 5.69 Å². The van der Waals surface area contributed by atoms with E-state index in [4.69, 9.17) is 0 Å². The van der Waals surface area contributed by atoms with Gasteiger partial charge in [0.25, 0.3) is 5.91 Å². The molecule has 5 nitrogen and oxygen atoms in total. The second-order valence-corrected chi connectivity index (χ2v) is 3.74. The molecule has 0 aliphatic heterocycles. The van der Waals surface area contributed by atoms with Crippen LogP contribution in [0.4, 0.5) is 15.8 Å². The number of anilines is 1. The van der Waals surface area contributed by atoms with Gasteiger partial charge in [-0.15, -0.1) is 0 Å². The molecule has 1 aromatic rings. The van der Waals surface area contributed by atoms with E-state index in [-0.39, 0.29) is 5.69 Å². The predicted octanol–water partition coefficient (Wildman–Crippen LogP) is 3.36. The minimum Gasteiger partial charge on any atom is -0.322 e. The van der Waals surface area contributed by atoms with Gasteiger partial charge in [0.1, 0.15) is 0 Å². The monoisotopic (exact) mass is 276 g/mol. The Hall–Kier alpha value is -2.76. The maximum atomic E-state index is 13.2. The average molecular weight is 276 g/mol. The van der Waals surface area contributed by atoms with Gasteiger partial charge in [0.2, 0.25) is 5.82 Å². The third kappa shape index (κ3) is 3.88. The van der Waals surface area contributed by atoms with E-state index >= 15 is 0 Å². The molecule has 20 heavy (non-hydrogen) atoms. The van der Waals surface area contributed by atoms with Gasteiger partial charge in [-0.3, -0.25) is 14.9 Å². The molecule has 0 aliphatic rings. The molecule has 1 amide bonds. The Bertz CT molecular complexity index is 606. The van der Waals surface area contributed by atoms with Crippen molar-refractivity contribution in [3.05, 3.63) is 70.6 Å². The first-order valence-corrected chi connectivity index (χ1v) is 5.70. The van der Waals surface area contributed by atoms with E-state index in [0.29, 0.717) is 5.57 Å². The number of rotatable bonds is 5. The third-order valence-corrected chi connectivity index (χ3v) is 2.31. The van der Waals surface area contributed by atoms with Crippen molar-refractivity contribution in [2.24, 2.45) is 0 Å². The lowest BCUT2D eigenvalue weighted by molar-refractivity contribution is -0.387. The maximum Gasteiger partial charge on any atom is 0.306 e. The van der Waals surface area contributed by atoms with Crippen LogP contribution in [0.2, 0.25) is 0 Å². The van der Waals surface area contributed by atoms with Gasteiger partial charge in [-0.2, -0.15) is 4.39 Å². The van der Waals surface area contributed by atoms with Crippen molar-refractivity contribution in [2.75, 3.05) is 5.32 Å². The van der Waals surface area contributed by atoms with E-state index in [9.17, 15) is 19.3 Å². The lowest BCUT2D eigenvalue weighted by Crippen LogP contribution is -2.13. The maximum absolute atomic E-state index is 13.2. The highest BCUT2D eigenvalue weighted by molar-refractivity contribution is 6.06. The summed E-state index contributed by atoms with van der Waals surface area (Å²) in [7, 11) is 0. The number of nitrogens with zero attached hydrogens (tertiary/aromatic N) is 1. The van der Waals surface area contributed by atoms with Crippen LogP contribution < -0.4 is 5.32 Å². The van der Waals surface area contributed by atoms with Crippen LogP contribution in [-0.2, 0) is 4.79 Å². The molecule has 104 valence electrons. The van der Waals surface area contributed by atoms with Gasteiger partial charge in [0, 0.05) is 17.3 Å². The quantitative estimate of drug-likeness (QED) is 0.388. The number of nitro benzene ring substituents is 1. The van der Waals surface area contributed by atoms with Gasteiger partial charge in [-0.25, -0.2) is 0 Å². The molecule has 0 saturated carbocycles. The molecule has 1 rings (SSSR count). The Kier molecular flexibility index (Phi) is 5.34. The summed E-state index contributed by atoms with van der Waals surface area (Å²) in [6, 6.07) is 3.15. The fourth-order valence-corrected chi connectivity index (χ4v) is 1.45. The van der Waals surface area contributed by atoms with Crippen LogP contribution in [0.25, 0.3) is 0 Å². The van der Waals surface area contributed by atoms with Crippen LogP contribution in [-0.4, -0.2) is 10.8 Å². The molecular weight excluding hydrogens is 263 g/mol. The summed E-state index contributed by atoms with van der Waals surface area (Å²) < 4.78 is 13.2. The van der Waals surface area contributed by atoms with E-state index in [0.717, 1.165) is 12.1 Å². The molecule has 0 spiro atoms. The van der Waals surface area contributed by atoms with Gasteiger partial charge in [-0.05, 0) is 19.1 Å². The predicted molar refractivity (Wildman–Crippen MR) is 74.8 cm³/mol. The molecular formula is C14H13FN2O3. The Balaban J connectivity index is 3.01. The van der Waals surface area contributed by atoms with Crippen molar-refractivity contribution < 1.29 is 14.1 Å². The number of amides is 1. The smallest absolute Gasteiger partial charge is 0.306 e. The van der Waals surface area contributed by atoms with Gasteiger partial charge in [0.15, 0.2) is 0 Å². The molecule has 0 atom stereocenters. The molecule has 0 aromatic heterocycles. The molecule has 0 unspecified atom stereocenters. The Labute approximate surface area is 115 Å². The zero-order valence-electron chi connectivity index (χ0n) is 10.8. The minimum absolute atomic E-state index is 0.141. The lowest BCUT2D eigenvalue weighted by atomic mass is 10.2. The summed E-state index contributed by atoms with van der Waals surface area (Å²) in [5, 5.41) is 13.1. The second kappa shape index (κ2) is 6.98. The highest BCUT2D eigenvalue weighted by Gasteiger charge is 2.15. The molecule has 1 aromatic carbocycles. The molecule has 0 heterocycles. The molecule has 0 aliphatic carbocycles. The Morgan fingerprint density at radius 3 is 2.75 bits per heavy atom. The molecule has 0 saturated heterocycles. The summed E-state index contributed by atoms with van der Waals surface area (Å²) in [6.07, 6.45) is 6.17. The number of nitrogens with one attached hydrogen (secondary N) is 1. The van der Waals surface area contributed by atoms with Gasteiger partial charge < -0.3 is 5.32 Å². The summed E-state index contributed by atoms with van der Waals surface area (Å²) >= 11 is 0. The van der Waals surface area contributed by atoms with Crippen LogP contribution in [0.1, 0.15) is 6.92 Å². The number of carbonyl (C=O) groups excluding carboxylic acids is 1. The summed E-state index contributed by atoms with van der Waals surface area (Å²) in [6.45, 7) is 5.23. The Morgan fingerprint density at radius 1 is 1.50 bits per heavy atom. The fourth-order valence-electron chi connectivity index (χ4n) is 1.45. The van der Waals surface area contributed by atoms with Crippen molar-refractivity contribution in [3.8, 4) is 0 Å². The van der Waals surface area contributed by atoms with E-state index in [2.05, 4.69) is 11.9 Å². The van der Waals surface area contributed by atoms with E-state index in [1.165, 1.54) is 18.2 Å². The number of halogens is 1. The highest BCUT2D eigenvalue weighted by Crippen LogP contribution is 2.22. The standard InChI is InChI=1S/C14H13FN2O3/c1-3-5-10(6-4-2)14(18)16-11-7-8-12(15)13(9-11)17(19)20/h3-9H,1H2,2H3,(H,16,18)/b6-4-,10-5+. The van der Waals surface area contributed by atoms with Crippen LogP contribution in [0.5, 0.6) is 0 Å². The first-order valence-electron chi connectivity index (χ1n) is 5.70. The zero-order chi connectivity index (χ0) is 15.1. The summed E-state index contributed by atoms with van der Waals surface area (Å²) in [4.78, 5) is 21.7. The second-order valence-electron chi connectivity index (χ2n) is 3.74. The van der Waals surface area contributed by atoms with Gasteiger partial charge in [-0.1, -0.05) is 30.9 Å². The van der Waals surface area contributed by atoms with Crippen molar-refractivity contribution in [2.45, 2.75) is 6.92 Å². The lowest BCUT2D eigenvalue weighted by Gasteiger charge is -2.05. The van der Waals surface area contributed by atoms with Crippen LogP contribution in [0.15, 0.2) is 54.7 Å². The number of carbonyl (C=O) groups is 1. The molecule has 0 fully saturated rings. The SMILES string of the molecule is C=C/C=C(\C=C/C)C(=O)Nc1ccc(F)c([N+](=O)[O-])c1. The molecule has 0 radical (unpaired) electrons. The number of hydrogen-bond acceptors (Lipinski definition) is 3. The zero-order valence-corrected chi connectivity index (χ0v) is 10.8. The van der Waals surface area contributed by atoms with E-state index in [1.807, 2.05) is 0 Å². The first-order chi connectivity index (χ1) is 9.49. The number of hydrogen-bond donors (Lipinski definition) is 1. The van der Waals surface area contributed by atoms with Crippen molar-refractivity contribution in [1.82, 2.24) is 0 Å². The minimum atomic E-state index is -0.955. The molecule has 6 heteroatoms. The first kappa shape index (κ1) is 15.3. The molecule has 1 N–H and O–H groups in total. The largest absolute Gasteiger partial charge is 0.322 e. The van der Waals surface area contributed by atoms with Gasteiger partial charge in [0.05, 0.1) is 4.92 Å². The topological polar surface area (TPSA) is 72.2 Å². The summed E-state index contributed by atoms with van der Waals surface area (Å²) in [5.41, 5.74) is -0.222. The van der Waals surface area contributed by atoms with E-state index < -0.39 is 22.3 Å².